The normalized spacial score (nSPS) is 10.8. The van der Waals surface area contributed by atoms with E-state index >= 15 is 0 Å². The molecule has 0 rings (SSSR count). The molecule has 0 radical (unpaired) electrons. The molecule has 18 heavy (non-hydrogen) atoms. The van der Waals surface area contributed by atoms with E-state index < -0.39 is 0 Å². The van der Waals surface area contributed by atoms with Crippen LogP contribution in [0.15, 0.2) is 5.28 Å². The van der Waals surface area contributed by atoms with E-state index in [1.54, 1.807) is 13.8 Å². The van der Waals surface area contributed by atoms with E-state index in [9.17, 15) is 5.21 Å². The quantitative estimate of drug-likeness (QED) is 0.199. The van der Waals surface area contributed by atoms with E-state index in [-0.39, 0.29) is 4.97 Å². The van der Waals surface area contributed by atoms with Gasteiger partial charge in [-0.2, -0.15) is 0 Å². The summed E-state index contributed by atoms with van der Waals surface area (Å²) in [6.07, 6.45) is 2.12. The van der Waals surface area contributed by atoms with E-state index in [4.69, 9.17) is 16.7 Å². The summed E-state index contributed by atoms with van der Waals surface area (Å²) in [6, 6.07) is 0. The van der Waals surface area contributed by atoms with Crippen LogP contribution in [0.2, 0.25) is 0 Å². The fourth-order valence-corrected chi connectivity index (χ4v) is 1.10. The van der Waals surface area contributed by atoms with E-state index in [1.165, 1.54) is 5.01 Å². The van der Waals surface area contributed by atoms with Gasteiger partial charge in [0.05, 0.1) is 18.1 Å². The molecule has 110 valence electrons. The molecule has 0 saturated carbocycles. The summed E-state index contributed by atoms with van der Waals surface area (Å²) in [5.41, 5.74) is 10.6. The number of hydrogen-bond donors (Lipinski definition) is 4. The molecule has 0 aliphatic rings. The zero-order chi connectivity index (χ0) is 14.2. The van der Waals surface area contributed by atoms with Crippen LogP contribution in [-0.4, -0.2) is 54.5 Å². The molecule has 0 aromatic rings. The Bertz CT molecular complexity index is 181. The van der Waals surface area contributed by atoms with Crippen molar-refractivity contribution in [2.75, 3.05) is 39.3 Å². The van der Waals surface area contributed by atoms with Crippen molar-refractivity contribution in [1.29, 1.82) is 0 Å². The third-order valence-corrected chi connectivity index (χ3v) is 2.16. The molecule has 6 N–H and O–H groups in total. The number of rotatable bonds is 9. The third-order valence-electron chi connectivity index (χ3n) is 2.16. The fraction of sp³-hybridized carbons (Fsp3) is 1.00. The molecule has 0 fully saturated rings. The molecule has 0 unspecified atom stereocenters. The molecule has 8 heteroatoms. The summed E-state index contributed by atoms with van der Waals surface area (Å²) < 4.78 is 0. The van der Waals surface area contributed by atoms with Crippen molar-refractivity contribution in [2.24, 2.45) is 16.7 Å². The Morgan fingerprint density at radius 2 is 1.61 bits per heavy atom. The van der Waals surface area contributed by atoms with E-state index in [1.807, 2.05) is 0 Å². The van der Waals surface area contributed by atoms with Crippen LogP contribution in [0.3, 0.4) is 0 Å². The van der Waals surface area contributed by atoms with Gasteiger partial charge in [-0.25, -0.2) is 0 Å². The molecule has 8 nitrogen and oxygen atoms in total. The summed E-state index contributed by atoms with van der Waals surface area (Å²) in [5, 5.41) is 25.4. The molecule has 0 saturated heterocycles. The van der Waals surface area contributed by atoms with Crippen molar-refractivity contribution < 1.29 is 10.2 Å². The minimum Gasteiger partial charge on any atom is -0.569 e. The topological polar surface area (TPSA) is 126 Å². The third kappa shape index (κ3) is 12.9. The molecule has 0 aliphatic heterocycles. The predicted molar refractivity (Wildman–Crippen MR) is 71.0 cm³/mol. The second kappa shape index (κ2) is 15.9. The average molecular weight is 264 g/mol. The molecule has 0 aromatic heterocycles. The molecular formula is C10H28N6O2. The maximum absolute atomic E-state index is 10.4. The van der Waals surface area contributed by atoms with Crippen LogP contribution in [0.1, 0.15) is 26.7 Å². The Morgan fingerprint density at radius 1 is 1.17 bits per heavy atom. The van der Waals surface area contributed by atoms with E-state index in [0.717, 1.165) is 39.0 Å². The standard InChI is InChI=1S/C6H17N3.C4H11N3O2/c7-3-1-5-9-6-2-4-8;1-3-6(4-2)7(9)5-8/h9H,1-8H2;8H,3-4H2,1-2H3/b;7-5-. The van der Waals surface area contributed by atoms with Crippen LogP contribution in [-0.2, 0) is 0 Å². The minimum absolute atomic E-state index is 0.167. The molecule has 0 amide bonds. The molecule has 0 aromatic carbocycles. The monoisotopic (exact) mass is 264 g/mol. The number of nitrogens with two attached hydrogens (primary N) is 2. The lowest BCUT2D eigenvalue weighted by Crippen LogP contribution is -2.29. The zero-order valence-electron chi connectivity index (χ0n) is 11.5. The van der Waals surface area contributed by atoms with Gasteiger partial charge in [0.15, 0.2) is 0 Å². The first kappa shape index (κ1) is 19.2. The maximum Gasteiger partial charge on any atom is 0.230 e. The molecule has 0 bridgehead atoms. The predicted octanol–water partition coefficient (Wildman–Crippen LogP) is -0.131. The largest absolute Gasteiger partial charge is 0.569 e. The van der Waals surface area contributed by atoms with Gasteiger partial charge in [0, 0.05) is 0 Å². The van der Waals surface area contributed by atoms with Gasteiger partial charge in [0.25, 0.3) is 0 Å². The lowest BCUT2D eigenvalue weighted by atomic mass is 10.4. The van der Waals surface area contributed by atoms with Gasteiger partial charge in [-0.05, 0) is 52.9 Å². The average Bonchev–Trinajstić information content (AvgIpc) is 2.40. The Balaban J connectivity index is 0. The van der Waals surface area contributed by atoms with Crippen LogP contribution in [0.25, 0.3) is 0 Å². The lowest BCUT2D eigenvalue weighted by molar-refractivity contribution is -0.708. The number of hydrogen-bond acceptors (Lipinski definition) is 5. The van der Waals surface area contributed by atoms with Crippen LogP contribution in [0.5, 0.6) is 0 Å². The van der Waals surface area contributed by atoms with E-state index in [2.05, 4.69) is 10.6 Å². The van der Waals surface area contributed by atoms with Gasteiger partial charge < -0.3 is 27.2 Å². The van der Waals surface area contributed by atoms with Gasteiger partial charge >= 0.3 is 0 Å². The van der Waals surface area contributed by atoms with Crippen molar-refractivity contribution in [3.63, 3.8) is 0 Å². The number of hydrazine groups is 1. The summed E-state index contributed by atoms with van der Waals surface area (Å²) in [6.45, 7) is 8.30. The maximum atomic E-state index is 10.4. The molecule has 0 heterocycles. The molecule has 0 atom stereocenters. The number of nitrogens with one attached hydrogen (secondary N) is 1. The zero-order valence-corrected chi connectivity index (χ0v) is 11.5. The first-order chi connectivity index (χ1) is 8.67. The summed E-state index contributed by atoms with van der Waals surface area (Å²) in [5.74, 6) is 0. The highest BCUT2D eigenvalue weighted by Gasteiger charge is 2.04. The lowest BCUT2D eigenvalue weighted by Gasteiger charge is -2.11. The van der Waals surface area contributed by atoms with Crippen LogP contribution >= 0.6 is 0 Å². The van der Waals surface area contributed by atoms with Crippen molar-refractivity contribution in [3.8, 4) is 0 Å². The van der Waals surface area contributed by atoms with Crippen molar-refractivity contribution in [1.82, 2.24) is 10.3 Å². The summed E-state index contributed by atoms with van der Waals surface area (Å²) in [4.78, 5) is 0.167. The second-order valence-corrected chi connectivity index (χ2v) is 3.52. The highest BCUT2D eigenvalue weighted by Crippen LogP contribution is 1.86. The van der Waals surface area contributed by atoms with Crippen LogP contribution in [0.4, 0.5) is 0 Å². The van der Waals surface area contributed by atoms with Crippen LogP contribution in [0, 0.1) is 5.21 Å². The Morgan fingerprint density at radius 3 is 1.83 bits per heavy atom. The van der Waals surface area contributed by atoms with Crippen LogP contribution < -0.4 is 16.8 Å². The Hall–Kier alpha value is -1.12. The summed E-state index contributed by atoms with van der Waals surface area (Å²) >= 11 is 0. The van der Waals surface area contributed by atoms with Gasteiger partial charge in [-0.15, -0.1) is 5.01 Å². The smallest absolute Gasteiger partial charge is 0.230 e. The first-order valence-corrected chi connectivity index (χ1v) is 6.35. The highest BCUT2D eigenvalue weighted by atomic mass is 16.6. The highest BCUT2D eigenvalue weighted by molar-refractivity contribution is 4.48. The number of nitrogens with zero attached hydrogens (tertiary/aromatic N) is 3. The van der Waals surface area contributed by atoms with Crippen molar-refractivity contribution >= 4 is 0 Å². The minimum atomic E-state index is 0.167. The SMILES string of the molecule is CCN(CC)/[N+]([O-])=N/O.NCCCNCCCN. The molecular weight excluding hydrogens is 236 g/mol. The van der Waals surface area contributed by atoms with Gasteiger partial charge in [0.2, 0.25) is 5.28 Å². The molecule has 0 aliphatic carbocycles. The Labute approximate surface area is 109 Å². The van der Waals surface area contributed by atoms with Gasteiger partial charge in [-0.1, -0.05) is 0 Å². The fourth-order valence-electron chi connectivity index (χ4n) is 1.10. The van der Waals surface area contributed by atoms with Crippen molar-refractivity contribution in [3.05, 3.63) is 5.21 Å². The Kier molecular flexibility index (Phi) is 17.0. The van der Waals surface area contributed by atoms with Crippen molar-refractivity contribution in [2.45, 2.75) is 26.7 Å². The van der Waals surface area contributed by atoms with Gasteiger partial charge in [0.1, 0.15) is 0 Å². The summed E-state index contributed by atoms with van der Waals surface area (Å²) in [7, 11) is 0. The van der Waals surface area contributed by atoms with Gasteiger partial charge in [-0.3, -0.25) is 0 Å². The van der Waals surface area contributed by atoms with E-state index in [0.29, 0.717) is 13.1 Å². The molecule has 0 spiro atoms. The first-order valence-electron chi connectivity index (χ1n) is 6.35. The second-order valence-electron chi connectivity index (χ2n) is 3.52.